The number of nitrogens with one attached hydrogen (secondary N) is 1. The Morgan fingerprint density at radius 2 is 2.12 bits per heavy atom. The van der Waals surface area contributed by atoms with Gasteiger partial charge in [0.1, 0.15) is 24.1 Å². The van der Waals surface area contributed by atoms with Crippen LogP contribution in [0.3, 0.4) is 0 Å². The molecule has 0 aliphatic heterocycles. The quantitative estimate of drug-likeness (QED) is 0.207. The van der Waals surface area contributed by atoms with Gasteiger partial charge in [0.15, 0.2) is 5.78 Å². The van der Waals surface area contributed by atoms with Crippen molar-refractivity contribution in [1.29, 1.82) is 5.26 Å². The fraction of sp³-hybridized carbons (Fsp3) is 0.226. The molecule has 0 spiro atoms. The van der Waals surface area contributed by atoms with Gasteiger partial charge in [-0.25, -0.2) is 0 Å². The van der Waals surface area contributed by atoms with Crippen molar-refractivity contribution >= 4 is 39.7 Å². The summed E-state index contributed by atoms with van der Waals surface area (Å²) in [6.07, 6.45) is 2.49. The van der Waals surface area contributed by atoms with Gasteiger partial charge in [0.05, 0.1) is 39.6 Å². The summed E-state index contributed by atoms with van der Waals surface area (Å²) in [6, 6.07) is 13.6. The van der Waals surface area contributed by atoms with Gasteiger partial charge in [0.2, 0.25) is 0 Å². The Hall–Kier alpha value is -4.45. The highest BCUT2D eigenvalue weighted by molar-refractivity contribution is 6.32. The monoisotopic (exact) mass is 562 g/mol. The molecule has 0 aliphatic carbocycles. The molecular formula is C31H30ClN5O3. The summed E-state index contributed by atoms with van der Waals surface area (Å²) in [6.45, 7) is -3.15. The van der Waals surface area contributed by atoms with Crippen molar-refractivity contribution in [2.24, 2.45) is 0 Å². The number of carbonyl (C=O) groups excluding carboxylic acids is 1. The van der Waals surface area contributed by atoms with E-state index in [1.165, 1.54) is 37.6 Å². The number of pyridine rings is 2. The number of likely N-dealkylation sites (N-methyl/N-ethyl adjacent to an activating group) is 1. The lowest BCUT2D eigenvalue weighted by Crippen LogP contribution is -2.11. The van der Waals surface area contributed by atoms with Crippen LogP contribution in [0.15, 0.2) is 73.0 Å². The Kier molecular flexibility index (Phi) is 6.93. The van der Waals surface area contributed by atoms with Crippen molar-refractivity contribution in [3.05, 3.63) is 94.9 Å². The zero-order valence-electron chi connectivity index (χ0n) is 28.8. The van der Waals surface area contributed by atoms with Crippen LogP contribution in [-0.4, -0.2) is 47.8 Å². The summed E-state index contributed by atoms with van der Waals surface area (Å²) in [4.78, 5) is 22.4. The maximum atomic E-state index is 13.1. The highest BCUT2D eigenvalue weighted by Gasteiger charge is 2.16. The number of hydrogen-bond donors (Lipinski definition) is 1. The third kappa shape index (κ3) is 7.35. The topological polar surface area (TPSA) is 100 Å². The van der Waals surface area contributed by atoms with Crippen LogP contribution >= 0.6 is 11.6 Å². The standard InChI is InChI=1S/C31H30ClN5O3/c1-4-39-30-17-28-26(15-21(30)14-25(38)9-7-13-37(2)3)31(22(18-33)19-35-28)36-23-10-11-29(27(32)16-23)40-20-24-8-5-6-12-34-24/h5-12,15-17,19H,4,13-14,20H2,1-3H3,(H,35,36)/b9-7+/i2D3,7D,9D,20D2. The molecule has 0 saturated heterocycles. The van der Waals surface area contributed by atoms with Crippen molar-refractivity contribution in [3.63, 3.8) is 0 Å². The highest BCUT2D eigenvalue weighted by Crippen LogP contribution is 2.36. The second-order valence-electron chi connectivity index (χ2n) is 8.52. The van der Waals surface area contributed by atoms with Gasteiger partial charge in [-0.2, -0.15) is 5.26 Å². The van der Waals surface area contributed by atoms with E-state index in [4.69, 9.17) is 30.7 Å². The van der Waals surface area contributed by atoms with Crippen LogP contribution in [0.1, 0.15) is 33.3 Å². The number of ketones is 1. The maximum absolute atomic E-state index is 13.1. The molecule has 0 atom stereocenters. The first-order valence-electron chi connectivity index (χ1n) is 15.7. The van der Waals surface area contributed by atoms with E-state index in [9.17, 15) is 10.1 Å². The van der Waals surface area contributed by atoms with Gasteiger partial charge in [-0.1, -0.05) is 23.7 Å². The number of allylic oxidation sites excluding steroid dienone is 1. The zero-order chi connectivity index (χ0) is 34.5. The molecule has 0 unspecified atom stereocenters. The first kappa shape index (κ1) is 20.5. The van der Waals surface area contributed by atoms with Crippen LogP contribution in [0.2, 0.25) is 5.02 Å². The molecule has 0 bridgehead atoms. The molecule has 40 heavy (non-hydrogen) atoms. The second kappa shape index (κ2) is 13.6. The van der Waals surface area contributed by atoms with Gasteiger partial charge < -0.3 is 19.7 Å². The largest absolute Gasteiger partial charge is 0.494 e. The summed E-state index contributed by atoms with van der Waals surface area (Å²) in [7, 11) is 1.28. The highest BCUT2D eigenvalue weighted by atomic mass is 35.5. The van der Waals surface area contributed by atoms with Crippen molar-refractivity contribution < 1.29 is 23.9 Å². The van der Waals surface area contributed by atoms with E-state index in [1.54, 1.807) is 37.3 Å². The van der Waals surface area contributed by atoms with Gasteiger partial charge in [-0.3, -0.25) is 14.8 Å². The van der Waals surface area contributed by atoms with Crippen LogP contribution in [0.25, 0.3) is 10.9 Å². The molecule has 0 amide bonds. The Morgan fingerprint density at radius 1 is 1.25 bits per heavy atom. The van der Waals surface area contributed by atoms with E-state index in [0.717, 1.165) is 4.90 Å². The van der Waals surface area contributed by atoms with Gasteiger partial charge in [-0.05, 0) is 63.4 Å². The third-order valence-corrected chi connectivity index (χ3v) is 5.79. The molecule has 2 aromatic heterocycles. The Bertz CT molecular complexity index is 1860. The van der Waals surface area contributed by atoms with Gasteiger partial charge >= 0.3 is 0 Å². The SMILES string of the molecule is [2H]/C(CN(C)C([2H])([2H])[2H])=C(/[2H])C(=O)Cc1cc2c(Nc3ccc(OC([2H])([2H])c4ccccn4)c(Cl)c3)c(C#N)cnc2cc1OCC. The maximum Gasteiger partial charge on any atom is 0.159 e. The summed E-state index contributed by atoms with van der Waals surface area (Å²) in [5, 5.41) is 13.6. The van der Waals surface area contributed by atoms with E-state index < -0.39 is 38.0 Å². The third-order valence-electron chi connectivity index (χ3n) is 5.50. The molecule has 1 N–H and O–H groups in total. The molecular weight excluding hydrogens is 526 g/mol. The van der Waals surface area contributed by atoms with Gasteiger partial charge in [0, 0.05) is 52.2 Å². The van der Waals surface area contributed by atoms with Gasteiger partial charge in [0.25, 0.3) is 0 Å². The number of hydrogen-bond acceptors (Lipinski definition) is 8. The van der Waals surface area contributed by atoms with Gasteiger partial charge in [-0.15, -0.1) is 0 Å². The molecule has 0 radical (unpaired) electrons. The minimum absolute atomic E-state index is 0.0631. The first-order valence-corrected chi connectivity index (χ1v) is 12.6. The summed E-state index contributed by atoms with van der Waals surface area (Å²) in [5.41, 5.74) is 1.81. The Labute approximate surface area is 248 Å². The number of fused-ring (bicyclic) bond motifs is 1. The van der Waals surface area contributed by atoms with Crippen LogP contribution in [-0.2, 0) is 17.8 Å². The predicted molar refractivity (Wildman–Crippen MR) is 157 cm³/mol. The molecule has 0 fully saturated rings. The lowest BCUT2D eigenvalue weighted by molar-refractivity contribution is -0.114. The fourth-order valence-corrected chi connectivity index (χ4v) is 3.94. The molecule has 4 aromatic rings. The number of anilines is 2. The molecule has 9 heteroatoms. The van der Waals surface area contributed by atoms with Crippen LogP contribution in [0.5, 0.6) is 11.5 Å². The zero-order valence-corrected chi connectivity index (χ0v) is 22.5. The molecule has 0 saturated carbocycles. The molecule has 204 valence electrons. The predicted octanol–water partition coefficient (Wildman–Crippen LogP) is 6.11. The minimum Gasteiger partial charge on any atom is -0.494 e. The number of carbonyl (C=O) groups is 1. The molecule has 0 aliphatic rings. The molecule has 8 nitrogen and oxygen atoms in total. The Balaban J connectivity index is 1.69. The van der Waals surface area contributed by atoms with Crippen LogP contribution in [0, 0.1) is 11.3 Å². The van der Waals surface area contributed by atoms with Crippen molar-refractivity contribution in [2.45, 2.75) is 19.9 Å². The van der Waals surface area contributed by atoms with Crippen molar-refractivity contribution in [1.82, 2.24) is 14.9 Å². The average molecular weight is 563 g/mol. The van der Waals surface area contributed by atoms with Crippen molar-refractivity contribution in [3.8, 4) is 17.6 Å². The van der Waals surface area contributed by atoms with E-state index in [1.807, 2.05) is 0 Å². The fourth-order valence-electron chi connectivity index (χ4n) is 3.72. The number of nitrogens with zero attached hydrogens (tertiary/aromatic N) is 4. The van der Waals surface area contributed by atoms with E-state index in [2.05, 4.69) is 21.4 Å². The van der Waals surface area contributed by atoms with Crippen LogP contribution < -0.4 is 14.8 Å². The number of ether oxygens (including phenoxy) is 2. The first-order chi connectivity index (χ1) is 22.1. The van der Waals surface area contributed by atoms with E-state index in [-0.39, 0.29) is 35.1 Å². The van der Waals surface area contributed by atoms with E-state index in [0.29, 0.717) is 33.6 Å². The average Bonchev–Trinajstić information content (AvgIpc) is 3.02. The number of nitriles is 1. The summed E-state index contributed by atoms with van der Waals surface area (Å²) >= 11 is 6.48. The minimum atomic E-state index is -2.49. The Morgan fingerprint density at radius 3 is 2.85 bits per heavy atom. The molecule has 2 heterocycles. The lowest BCUT2D eigenvalue weighted by Gasteiger charge is -2.16. The normalized spacial score (nSPS) is 14.8. The summed E-state index contributed by atoms with van der Waals surface area (Å²) < 4.78 is 66.6. The number of rotatable bonds is 12. The molecule has 4 rings (SSSR count). The second-order valence-corrected chi connectivity index (χ2v) is 8.92. The van der Waals surface area contributed by atoms with Crippen LogP contribution in [0.4, 0.5) is 11.4 Å². The number of aromatic nitrogens is 2. The van der Waals surface area contributed by atoms with E-state index >= 15 is 0 Å². The smallest absolute Gasteiger partial charge is 0.159 e. The molecule has 2 aromatic carbocycles. The summed E-state index contributed by atoms with van der Waals surface area (Å²) in [5.74, 6) is -0.337. The lowest BCUT2D eigenvalue weighted by atomic mass is 10.0. The number of halogens is 1. The number of benzene rings is 2. The van der Waals surface area contributed by atoms with Crippen molar-refractivity contribution in [2.75, 3.05) is 32.5 Å².